The fourth-order valence-corrected chi connectivity index (χ4v) is 5.91. The molecule has 4 aromatic rings. The second-order valence-electron chi connectivity index (χ2n) is 7.23. The van der Waals surface area contributed by atoms with E-state index in [1.807, 2.05) is 79.9 Å². The van der Waals surface area contributed by atoms with Crippen LogP contribution >= 0.6 is 27.3 Å². The molecule has 0 amide bonds. The molecule has 0 fully saturated rings. The first-order valence-corrected chi connectivity index (χ1v) is 13.6. The van der Waals surface area contributed by atoms with E-state index in [4.69, 9.17) is 9.72 Å². The van der Waals surface area contributed by atoms with Crippen molar-refractivity contribution in [3.8, 4) is 33.3 Å². The molecular weight excluding hydrogens is 520 g/mol. The largest absolute Gasteiger partial charge is 0.457 e. The van der Waals surface area contributed by atoms with Gasteiger partial charge in [-0.2, -0.15) is 4.31 Å². The maximum Gasteiger partial charge on any atom is 0.243 e. The van der Waals surface area contributed by atoms with Crippen molar-refractivity contribution >= 4 is 37.3 Å². The minimum atomic E-state index is -3.47. The zero-order chi connectivity index (χ0) is 23.4. The number of ether oxygens (including phenoxy) is 1. The first-order valence-electron chi connectivity index (χ1n) is 10.5. The van der Waals surface area contributed by atoms with Gasteiger partial charge in [0.2, 0.25) is 10.0 Å². The van der Waals surface area contributed by atoms with Gasteiger partial charge < -0.3 is 4.74 Å². The van der Waals surface area contributed by atoms with Crippen LogP contribution in [0.4, 0.5) is 0 Å². The Morgan fingerprint density at radius 3 is 1.97 bits per heavy atom. The second kappa shape index (κ2) is 10.2. The van der Waals surface area contributed by atoms with Crippen LogP contribution in [0.5, 0.6) is 11.5 Å². The Morgan fingerprint density at radius 1 is 0.848 bits per heavy atom. The molecule has 8 heteroatoms. The van der Waals surface area contributed by atoms with Crippen molar-refractivity contribution in [3.63, 3.8) is 0 Å². The van der Waals surface area contributed by atoms with Crippen molar-refractivity contribution in [3.05, 3.63) is 82.6 Å². The van der Waals surface area contributed by atoms with E-state index in [2.05, 4.69) is 15.9 Å². The van der Waals surface area contributed by atoms with Gasteiger partial charge >= 0.3 is 0 Å². The highest BCUT2D eigenvalue weighted by atomic mass is 79.9. The molecule has 1 heterocycles. The number of hydrogen-bond acceptors (Lipinski definition) is 5. The van der Waals surface area contributed by atoms with Gasteiger partial charge in [0, 0.05) is 34.1 Å². The van der Waals surface area contributed by atoms with E-state index in [9.17, 15) is 8.42 Å². The molecule has 3 aromatic carbocycles. The van der Waals surface area contributed by atoms with Crippen molar-refractivity contribution in [1.82, 2.24) is 9.29 Å². The standard InChI is InChI=1S/C25H23BrN2O3S2/c1-3-28(4-2)33(29,30)23-15-7-18(8-16-23)24-17-32-25(27-24)19-5-11-21(12-6-19)31-22-13-9-20(26)10-14-22/h5-17H,3-4H2,1-2H3. The van der Waals surface area contributed by atoms with E-state index >= 15 is 0 Å². The van der Waals surface area contributed by atoms with Gasteiger partial charge in [0.25, 0.3) is 0 Å². The highest BCUT2D eigenvalue weighted by Gasteiger charge is 2.21. The zero-order valence-electron chi connectivity index (χ0n) is 18.2. The van der Waals surface area contributed by atoms with Crippen LogP contribution in [0.1, 0.15) is 13.8 Å². The second-order valence-corrected chi connectivity index (χ2v) is 10.9. The van der Waals surface area contributed by atoms with Crippen molar-refractivity contribution < 1.29 is 13.2 Å². The molecular formula is C25H23BrN2O3S2. The summed E-state index contributed by atoms with van der Waals surface area (Å²) in [5, 5.41) is 2.87. The van der Waals surface area contributed by atoms with E-state index in [-0.39, 0.29) is 0 Å². The van der Waals surface area contributed by atoms with Crippen LogP contribution in [0.25, 0.3) is 21.8 Å². The molecule has 0 aliphatic heterocycles. The number of halogens is 1. The highest BCUT2D eigenvalue weighted by molar-refractivity contribution is 9.10. The monoisotopic (exact) mass is 542 g/mol. The summed E-state index contributed by atoms with van der Waals surface area (Å²) < 4.78 is 33.7. The Labute approximate surface area is 206 Å². The predicted molar refractivity (Wildman–Crippen MR) is 137 cm³/mol. The van der Waals surface area contributed by atoms with Crippen LogP contribution in [0, 0.1) is 0 Å². The summed E-state index contributed by atoms with van der Waals surface area (Å²) in [6.07, 6.45) is 0. The van der Waals surface area contributed by atoms with Crippen LogP contribution in [-0.2, 0) is 10.0 Å². The van der Waals surface area contributed by atoms with Gasteiger partial charge in [-0.3, -0.25) is 0 Å². The first kappa shape index (κ1) is 23.6. The van der Waals surface area contributed by atoms with Crippen molar-refractivity contribution in [2.24, 2.45) is 0 Å². The minimum absolute atomic E-state index is 0.298. The van der Waals surface area contributed by atoms with Crippen LogP contribution in [0.3, 0.4) is 0 Å². The molecule has 0 N–H and O–H groups in total. The number of hydrogen-bond donors (Lipinski definition) is 0. The summed E-state index contributed by atoms with van der Waals surface area (Å²) in [6.45, 7) is 4.57. The van der Waals surface area contributed by atoms with Gasteiger partial charge in [0.05, 0.1) is 10.6 Å². The molecule has 170 valence electrons. The Bertz CT molecular complexity index is 1310. The molecule has 0 saturated carbocycles. The molecule has 0 spiro atoms. The maximum absolute atomic E-state index is 12.7. The molecule has 4 rings (SSSR count). The lowest BCUT2D eigenvalue weighted by molar-refractivity contribution is 0.445. The third-order valence-corrected chi connectivity index (χ3v) is 8.63. The van der Waals surface area contributed by atoms with Gasteiger partial charge in [0.15, 0.2) is 0 Å². The molecule has 0 saturated heterocycles. The van der Waals surface area contributed by atoms with E-state index in [0.29, 0.717) is 18.0 Å². The first-order chi connectivity index (χ1) is 15.9. The Balaban J connectivity index is 1.49. The lowest BCUT2D eigenvalue weighted by atomic mass is 10.2. The van der Waals surface area contributed by atoms with Gasteiger partial charge in [-0.05, 0) is 60.7 Å². The molecule has 5 nitrogen and oxygen atoms in total. The lowest BCUT2D eigenvalue weighted by Gasteiger charge is -2.18. The van der Waals surface area contributed by atoms with E-state index in [1.165, 1.54) is 4.31 Å². The average Bonchev–Trinajstić information content (AvgIpc) is 3.32. The van der Waals surface area contributed by atoms with Crippen molar-refractivity contribution in [2.45, 2.75) is 18.7 Å². The van der Waals surface area contributed by atoms with Crippen LogP contribution < -0.4 is 4.74 Å². The lowest BCUT2D eigenvalue weighted by Crippen LogP contribution is -2.30. The summed E-state index contributed by atoms with van der Waals surface area (Å²) in [5.41, 5.74) is 2.69. The fraction of sp³-hybridized carbons (Fsp3) is 0.160. The molecule has 0 aliphatic carbocycles. The molecule has 0 aliphatic rings. The summed E-state index contributed by atoms with van der Waals surface area (Å²) in [6, 6.07) is 22.4. The molecule has 0 bridgehead atoms. The van der Waals surface area contributed by atoms with E-state index < -0.39 is 10.0 Å². The SMILES string of the molecule is CCN(CC)S(=O)(=O)c1ccc(-c2csc(-c3ccc(Oc4ccc(Br)cc4)cc3)n2)cc1. The fourth-order valence-electron chi connectivity index (χ4n) is 3.35. The molecule has 33 heavy (non-hydrogen) atoms. The van der Waals surface area contributed by atoms with Gasteiger partial charge in [-0.1, -0.05) is 41.9 Å². The normalized spacial score (nSPS) is 11.6. The van der Waals surface area contributed by atoms with Crippen LogP contribution in [-0.4, -0.2) is 30.8 Å². The number of aromatic nitrogens is 1. The number of benzene rings is 3. The number of thiazole rings is 1. The highest BCUT2D eigenvalue weighted by Crippen LogP contribution is 2.31. The quantitative estimate of drug-likeness (QED) is 0.239. The molecule has 1 aromatic heterocycles. The number of sulfonamides is 1. The average molecular weight is 544 g/mol. The van der Waals surface area contributed by atoms with Crippen LogP contribution in [0.15, 0.2) is 87.5 Å². The third kappa shape index (κ3) is 5.35. The van der Waals surface area contributed by atoms with E-state index in [1.54, 1.807) is 23.5 Å². The third-order valence-electron chi connectivity index (χ3n) is 5.15. The van der Waals surface area contributed by atoms with Crippen molar-refractivity contribution in [2.75, 3.05) is 13.1 Å². The van der Waals surface area contributed by atoms with Gasteiger partial charge in [-0.15, -0.1) is 11.3 Å². The summed E-state index contributed by atoms with van der Waals surface area (Å²) in [5.74, 6) is 1.52. The van der Waals surface area contributed by atoms with E-state index in [0.717, 1.165) is 37.8 Å². The Kier molecular flexibility index (Phi) is 7.29. The molecule has 0 atom stereocenters. The van der Waals surface area contributed by atoms with Gasteiger partial charge in [-0.25, -0.2) is 13.4 Å². The smallest absolute Gasteiger partial charge is 0.243 e. The Morgan fingerprint density at radius 2 is 1.39 bits per heavy atom. The van der Waals surface area contributed by atoms with Crippen LogP contribution in [0.2, 0.25) is 0 Å². The number of rotatable bonds is 8. The zero-order valence-corrected chi connectivity index (χ0v) is 21.5. The van der Waals surface area contributed by atoms with Crippen molar-refractivity contribution in [1.29, 1.82) is 0 Å². The van der Waals surface area contributed by atoms with Gasteiger partial charge in [0.1, 0.15) is 16.5 Å². The molecule has 0 unspecified atom stereocenters. The minimum Gasteiger partial charge on any atom is -0.457 e. The Hall–Kier alpha value is -2.52. The summed E-state index contributed by atoms with van der Waals surface area (Å²) in [7, 11) is -3.47. The predicted octanol–water partition coefficient (Wildman–Crippen LogP) is 7.06. The summed E-state index contributed by atoms with van der Waals surface area (Å²) >= 11 is 4.97. The topological polar surface area (TPSA) is 59.5 Å². The summed E-state index contributed by atoms with van der Waals surface area (Å²) in [4.78, 5) is 5.04. The maximum atomic E-state index is 12.7. The molecule has 0 radical (unpaired) electrons. The number of nitrogens with zero attached hydrogens (tertiary/aromatic N) is 2.